The van der Waals surface area contributed by atoms with Crippen molar-refractivity contribution >= 4 is 22.7 Å². The molecule has 1 aromatic carbocycles. The van der Waals surface area contributed by atoms with Gasteiger partial charge in [0, 0.05) is 28.7 Å². The predicted octanol–water partition coefficient (Wildman–Crippen LogP) is 1.99. The largest absolute Gasteiger partial charge is 0.478 e. The smallest absolute Gasteiger partial charge is 0.328 e. The van der Waals surface area contributed by atoms with Crippen LogP contribution < -0.4 is 0 Å². The first-order valence-electron chi connectivity index (χ1n) is 4.70. The van der Waals surface area contributed by atoms with Crippen molar-refractivity contribution in [3.63, 3.8) is 0 Å². The number of H-pyrrole nitrogens is 1. The van der Waals surface area contributed by atoms with Gasteiger partial charge in [-0.2, -0.15) is 0 Å². The van der Waals surface area contributed by atoms with Gasteiger partial charge in [0.2, 0.25) is 0 Å². The zero-order chi connectivity index (χ0) is 11.5. The Bertz CT molecular complexity index is 581. The Kier molecular flexibility index (Phi) is 2.55. The summed E-state index contributed by atoms with van der Waals surface area (Å²) in [5.74, 6) is -1.45. The molecule has 0 aliphatic heterocycles. The summed E-state index contributed by atoms with van der Waals surface area (Å²) in [5, 5.41) is 9.22. The van der Waals surface area contributed by atoms with Crippen LogP contribution in [0.15, 0.2) is 42.6 Å². The van der Waals surface area contributed by atoms with Crippen LogP contribution in [0.3, 0.4) is 0 Å². The van der Waals surface area contributed by atoms with Gasteiger partial charge < -0.3 is 10.1 Å². The fourth-order valence-electron chi connectivity index (χ4n) is 1.51. The van der Waals surface area contributed by atoms with Crippen molar-refractivity contribution < 1.29 is 14.7 Å². The van der Waals surface area contributed by atoms with Crippen LogP contribution >= 0.6 is 0 Å². The van der Waals surface area contributed by atoms with Crippen molar-refractivity contribution in [3.05, 3.63) is 48.2 Å². The molecule has 0 fully saturated rings. The summed E-state index contributed by atoms with van der Waals surface area (Å²) >= 11 is 0. The molecule has 4 nitrogen and oxygen atoms in total. The number of para-hydroxylation sites is 1. The first-order valence-corrected chi connectivity index (χ1v) is 4.70. The number of ketones is 1. The molecule has 2 rings (SSSR count). The van der Waals surface area contributed by atoms with Crippen molar-refractivity contribution in [2.75, 3.05) is 0 Å². The van der Waals surface area contributed by atoms with E-state index in [0.29, 0.717) is 5.56 Å². The molecule has 1 heterocycles. The number of carboxylic acids is 1. The molecule has 2 aromatic rings. The first kappa shape index (κ1) is 10.2. The predicted molar refractivity (Wildman–Crippen MR) is 59.4 cm³/mol. The van der Waals surface area contributed by atoms with Crippen molar-refractivity contribution in [2.24, 2.45) is 0 Å². The Morgan fingerprint density at radius 2 is 1.94 bits per heavy atom. The van der Waals surface area contributed by atoms with Gasteiger partial charge in [-0.1, -0.05) is 18.2 Å². The van der Waals surface area contributed by atoms with Crippen LogP contribution in [0.1, 0.15) is 10.4 Å². The number of hydrogen-bond acceptors (Lipinski definition) is 2. The Hall–Kier alpha value is -2.36. The molecule has 0 saturated heterocycles. The van der Waals surface area contributed by atoms with E-state index in [2.05, 4.69) is 4.98 Å². The summed E-state index contributed by atoms with van der Waals surface area (Å²) in [7, 11) is 0. The minimum Gasteiger partial charge on any atom is -0.478 e. The summed E-state index contributed by atoms with van der Waals surface area (Å²) in [6.45, 7) is 0. The lowest BCUT2D eigenvalue weighted by atomic mass is 10.1. The monoisotopic (exact) mass is 215 g/mol. The number of benzene rings is 1. The molecule has 0 aliphatic carbocycles. The zero-order valence-corrected chi connectivity index (χ0v) is 8.31. The summed E-state index contributed by atoms with van der Waals surface area (Å²) in [6.07, 6.45) is 3.47. The normalized spacial score (nSPS) is 11.0. The van der Waals surface area contributed by atoms with E-state index in [1.807, 2.05) is 24.3 Å². The minimum absolute atomic E-state index is 0.320. The molecule has 4 heteroatoms. The van der Waals surface area contributed by atoms with Gasteiger partial charge in [-0.3, -0.25) is 4.79 Å². The Labute approximate surface area is 91.2 Å². The highest BCUT2D eigenvalue weighted by molar-refractivity contribution is 6.14. The molecule has 0 amide bonds. The molecule has 80 valence electrons. The van der Waals surface area contributed by atoms with E-state index >= 15 is 0 Å². The number of carboxylic acid groups (broad SMARTS) is 1. The number of aromatic nitrogens is 1. The van der Waals surface area contributed by atoms with Gasteiger partial charge in [-0.05, 0) is 12.1 Å². The maximum absolute atomic E-state index is 11.7. The van der Waals surface area contributed by atoms with E-state index in [0.717, 1.165) is 23.1 Å². The van der Waals surface area contributed by atoms with E-state index < -0.39 is 5.97 Å². The van der Waals surface area contributed by atoms with E-state index in [4.69, 9.17) is 5.11 Å². The molecule has 0 atom stereocenters. The van der Waals surface area contributed by atoms with E-state index in [9.17, 15) is 9.59 Å². The van der Waals surface area contributed by atoms with Gasteiger partial charge in [-0.25, -0.2) is 4.79 Å². The highest BCUT2D eigenvalue weighted by Crippen LogP contribution is 2.18. The topological polar surface area (TPSA) is 70.2 Å². The number of carbonyl (C=O) groups is 2. The average Bonchev–Trinajstić information content (AvgIpc) is 2.69. The quantitative estimate of drug-likeness (QED) is 0.607. The van der Waals surface area contributed by atoms with Crippen LogP contribution in [0.25, 0.3) is 10.9 Å². The summed E-state index contributed by atoms with van der Waals surface area (Å²) < 4.78 is 0. The number of rotatable bonds is 3. The van der Waals surface area contributed by atoms with Gasteiger partial charge >= 0.3 is 5.97 Å². The van der Waals surface area contributed by atoms with Gasteiger partial charge in [0.15, 0.2) is 5.78 Å². The van der Waals surface area contributed by atoms with E-state index in [1.54, 1.807) is 6.20 Å². The Balaban J connectivity index is 2.40. The highest BCUT2D eigenvalue weighted by atomic mass is 16.4. The Morgan fingerprint density at radius 3 is 2.69 bits per heavy atom. The molecule has 0 radical (unpaired) electrons. The van der Waals surface area contributed by atoms with Crippen LogP contribution in [0.5, 0.6) is 0 Å². The molecule has 2 N–H and O–H groups in total. The molecule has 0 bridgehead atoms. The fourth-order valence-corrected chi connectivity index (χ4v) is 1.51. The van der Waals surface area contributed by atoms with E-state index in [1.165, 1.54) is 0 Å². The number of nitrogens with one attached hydrogen (secondary N) is 1. The second-order valence-electron chi connectivity index (χ2n) is 3.28. The van der Waals surface area contributed by atoms with Crippen molar-refractivity contribution in [3.8, 4) is 0 Å². The third-order valence-electron chi connectivity index (χ3n) is 2.23. The standard InChI is InChI=1S/C12H9NO3/c14-11(5-6-12(15)16)9-7-13-10-4-2-1-3-8(9)10/h1-7,13H,(H,15,16)/b6-5+. The molecule has 0 aliphatic rings. The number of allylic oxidation sites excluding steroid dienone is 1. The SMILES string of the molecule is O=C(O)/C=C/C(=O)c1c[nH]c2ccccc12. The van der Waals surface area contributed by atoms with Crippen molar-refractivity contribution in [1.29, 1.82) is 0 Å². The van der Waals surface area contributed by atoms with Crippen LogP contribution in [-0.4, -0.2) is 21.8 Å². The average molecular weight is 215 g/mol. The lowest BCUT2D eigenvalue weighted by Gasteiger charge is -1.92. The molecular weight excluding hydrogens is 206 g/mol. The van der Waals surface area contributed by atoms with Gasteiger partial charge in [0.05, 0.1) is 0 Å². The third-order valence-corrected chi connectivity index (χ3v) is 2.23. The van der Waals surface area contributed by atoms with Gasteiger partial charge in [-0.15, -0.1) is 0 Å². The molecular formula is C12H9NO3. The number of fused-ring (bicyclic) bond motifs is 1. The number of hydrogen-bond donors (Lipinski definition) is 2. The van der Waals surface area contributed by atoms with Crippen molar-refractivity contribution in [1.82, 2.24) is 4.98 Å². The summed E-state index contributed by atoms with van der Waals surface area (Å²) in [4.78, 5) is 24.9. The molecule has 0 saturated carbocycles. The maximum Gasteiger partial charge on any atom is 0.328 e. The molecule has 1 aromatic heterocycles. The van der Waals surface area contributed by atoms with E-state index in [-0.39, 0.29) is 5.78 Å². The van der Waals surface area contributed by atoms with Crippen LogP contribution in [-0.2, 0) is 4.79 Å². The van der Waals surface area contributed by atoms with Crippen LogP contribution in [0, 0.1) is 0 Å². The van der Waals surface area contributed by atoms with Crippen LogP contribution in [0.4, 0.5) is 0 Å². The highest BCUT2D eigenvalue weighted by Gasteiger charge is 2.08. The molecule has 16 heavy (non-hydrogen) atoms. The molecule has 0 spiro atoms. The van der Waals surface area contributed by atoms with Gasteiger partial charge in [0.1, 0.15) is 0 Å². The zero-order valence-electron chi connectivity index (χ0n) is 8.31. The minimum atomic E-state index is -1.13. The second-order valence-corrected chi connectivity index (χ2v) is 3.28. The lowest BCUT2D eigenvalue weighted by Crippen LogP contribution is -1.95. The lowest BCUT2D eigenvalue weighted by molar-refractivity contribution is -0.131. The number of aliphatic carboxylic acids is 1. The van der Waals surface area contributed by atoms with Gasteiger partial charge in [0.25, 0.3) is 0 Å². The summed E-state index contributed by atoms with van der Waals surface area (Å²) in [5.41, 5.74) is 1.34. The second kappa shape index (κ2) is 4.02. The first-order chi connectivity index (χ1) is 7.68. The fraction of sp³-hybridized carbons (Fsp3) is 0. The third kappa shape index (κ3) is 1.86. The molecule has 0 unspecified atom stereocenters. The Morgan fingerprint density at radius 1 is 1.19 bits per heavy atom. The van der Waals surface area contributed by atoms with Crippen molar-refractivity contribution in [2.45, 2.75) is 0 Å². The number of aromatic amines is 1. The summed E-state index contributed by atoms with van der Waals surface area (Å²) in [6, 6.07) is 7.36. The van der Waals surface area contributed by atoms with Crippen LogP contribution in [0.2, 0.25) is 0 Å². The maximum atomic E-state index is 11.7. The number of carbonyl (C=O) groups excluding carboxylic acids is 1.